The largest absolute Gasteiger partial charge is 0.472 e. The molecule has 1 aliphatic heterocycles. The summed E-state index contributed by atoms with van der Waals surface area (Å²) in [6.07, 6.45) is -5.24. The van der Waals surface area contributed by atoms with Gasteiger partial charge in [0.1, 0.15) is 21.6 Å². The number of halogens is 3. The minimum absolute atomic E-state index is 0.0404. The van der Waals surface area contributed by atoms with E-state index in [1.54, 1.807) is 0 Å². The number of ether oxygens (including phenoxy) is 2. The highest BCUT2D eigenvalue weighted by Crippen LogP contribution is 2.31. The van der Waals surface area contributed by atoms with Gasteiger partial charge in [0.25, 0.3) is 0 Å². The van der Waals surface area contributed by atoms with Crippen LogP contribution in [-0.4, -0.2) is 50.0 Å². The molecule has 0 aromatic carbocycles. The Morgan fingerprint density at radius 1 is 1.30 bits per heavy atom. The molecular formula is C15H13F3N2O5S2. The summed E-state index contributed by atoms with van der Waals surface area (Å²) in [5.74, 6) is -0.997. The summed E-state index contributed by atoms with van der Waals surface area (Å²) in [6.45, 7) is -0.145. The molecule has 1 saturated heterocycles. The predicted molar refractivity (Wildman–Crippen MR) is 88.1 cm³/mol. The van der Waals surface area contributed by atoms with Crippen LogP contribution >= 0.6 is 11.3 Å². The molecule has 0 amide bonds. The van der Waals surface area contributed by atoms with Gasteiger partial charge in [-0.15, -0.1) is 11.3 Å². The van der Waals surface area contributed by atoms with Crippen LogP contribution in [0.1, 0.15) is 15.4 Å². The van der Waals surface area contributed by atoms with Gasteiger partial charge in [-0.2, -0.15) is 17.5 Å². The van der Waals surface area contributed by atoms with E-state index in [1.165, 1.54) is 17.5 Å². The average molecular weight is 422 g/mol. The van der Waals surface area contributed by atoms with Gasteiger partial charge >= 0.3 is 12.1 Å². The average Bonchev–Trinajstić information content (AvgIpc) is 3.07. The van der Waals surface area contributed by atoms with E-state index in [9.17, 15) is 26.4 Å². The first kappa shape index (κ1) is 19.6. The van der Waals surface area contributed by atoms with Crippen LogP contribution in [0.2, 0.25) is 0 Å². The van der Waals surface area contributed by atoms with Crippen LogP contribution in [0.3, 0.4) is 0 Å². The van der Waals surface area contributed by atoms with Gasteiger partial charge in [0.15, 0.2) is 0 Å². The molecule has 0 spiro atoms. The number of rotatable bonds is 5. The summed E-state index contributed by atoms with van der Waals surface area (Å²) in [6, 6.07) is 4.54. The number of aromatic nitrogens is 1. The van der Waals surface area contributed by atoms with Gasteiger partial charge in [0, 0.05) is 6.07 Å². The van der Waals surface area contributed by atoms with Crippen LogP contribution in [0.25, 0.3) is 0 Å². The van der Waals surface area contributed by atoms with E-state index in [0.29, 0.717) is 0 Å². The second-order valence-electron chi connectivity index (χ2n) is 5.53. The second kappa shape index (κ2) is 7.09. The van der Waals surface area contributed by atoms with Crippen LogP contribution in [-0.2, 0) is 20.9 Å². The number of nitrogens with zero attached hydrogens (tertiary/aromatic N) is 2. The first-order chi connectivity index (χ1) is 12.6. The topological polar surface area (TPSA) is 85.8 Å². The van der Waals surface area contributed by atoms with Crippen molar-refractivity contribution < 1.29 is 35.9 Å². The molecule has 0 saturated carbocycles. The SMILES string of the molecule is COC(=O)c1sccc1S(=O)(=O)N1CC(Oc2cccc(C(F)(F)F)n2)C1. The highest BCUT2D eigenvalue weighted by Gasteiger charge is 2.41. The van der Waals surface area contributed by atoms with Crippen LogP contribution in [0.15, 0.2) is 34.5 Å². The molecule has 1 aliphatic rings. The van der Waals surface area contributed by atoms with Crippen molar-refractivity contribution in [3.63, 3.8) is 0 Å². The van der Waals surface area contributed by atoms with Gasteiger partial charge in [-0.3, -0.25) is 0 Å². The van der Waals surface area contributed by atoms with Crippen LogP contribution in [0, 0.1) is 0 Å². The number of esters is 1. The first-order valence-corrected chi connectivity index (χ1v) is 9.82. The number of pyridine rings is 1. The van der Waals surface area contributed by atoms with Gasteiger partial charge in [-0.1, -0.05) is 6.07 Å². The fourth-order valence-corrected chi connectivity index (χ4v) is 5.17. The third-order valence-electron chi connectivity index (χ3n) is 3.73. The Morgan fingerprint density at radius 2 is 2.00 bits per heavy atom. The summed E-state index contributed by atoms with van der Waals surface area (Å²) < 4.78 is 74.2. The van der Waals surface area contributed by atoms with Crippen LogP contribution in [0.4, 0.5) is 13.2 Å². The minimum Gasteiger partial charge on any atom is -0.472 e. The summed E-state index contributed by atoms with van der Waals surface area (Å²) in [5.41, 5.74) is -1.09. The predicted octanol–water partition coefficient (Wildman–Crippen LogP) is 2.40. The van der Waals surface area contributed by atoms with Crippen molar-refractivity contribution in [2.45, 2.75) is 17.2 Å². The highest BCUT2D eigenvalue weighted by molar-refractivity contribution is 7.89. The van der Waals surface area contributed by atoms with Gasteiger partial charge in [-0.25, -0.2) is 18.2 Å². The lowest BCUT2D eigenvalue weighted by molar-refractivity contribution is -0.141. The molecule has 3 rings (SSSR count). The van der Waals surface area contributed by atoms with Crippen molar-refractivity contribution in [3.05, 3.63) is 40.2 Å². The Morgan fingerprint density at radius 3 is 2.63 bits per heavy atom. The van der Waals surface area contributed by atoms with Crippen molar-refractivity contribution in [1.29, 1.82) is 0 Å². The Hall–Kier alpha value is -2.18. The monoisotopic (exact) mass is 422 g/mol. The van der Waals surface area contributed by atoms with E-state index in [2.05, 4.69) is 9.72 Å². The van der Waals surface area contributed by atoms with Gasteiger partial charge in [0.05, 0.1) is 20.2 Å². The molecule has 3 heterocycles. The lowest BCUT2D eigenvalue weighted by atomic mass is 10.2. The maximum atomic E-state index is 12.7. The number of carbonyl (C=O) groups excluding carboxylic acids is 1. The second-order valence-corrected chi connectivity index (χ2v) is 8.35. The Balaban J connectivity index is 1.68. The molecule has 1 fully saturated rings. The zero-order valence-corrected chi connectivity index (χ0v) is 15.4. The summed E-state index contributed by atoms with van der Waals surface area (Å²) in [5, 5.41) is 1.46. The number of carbonyl (C=O) groups is 1. The molecule has 12 heteroatoms. The number of alkyl halides is 3. The molecule has 0 radical (unpaired) electrons. The fourth-order valence-electron chi connectivity index (χ4n) is 2.36. The van der Waals surface area contributed by atoms with Crippen molar-refractivity contribution >= 4 is 27.3 Å². The molecule has 0 atom stereocenters. The number of hydrogen-bond donors (Lipinski definition) is 0. The molecular weight excluding hydrogens is 409 g/mol. The zero-order chi connectivity index (χ0) is 19.8. The summed E-state index contributed by atoms with van der Waals surface area (Å²) in [4.78, 5) is 14.8. The van der Waals surface area contributed by atoms with E-state index in [0.717, 1.165) is 34.9 Å². The van der Waals surface area contributed by atoms with Crippen molar-refractivity contribution in [3.8, 4) is 5.88 Å². The van der Waals surface area contributed by atoms with Gasteiger partial charge in [-0.05, 0) is 17.5 Å². The Labute approximate surface area is 156 Å². The maximum Gasteiger partial charge on any atom is 0.433 e. The third kappa shape index (κ3) is 3.92. The van der Waals surface area contributed by atoms with Crippen LogP contribution < -0.4 is 4.74 Å². The maximum absolute atomic E-state index is 12.7. The number of hydrogen-bond acceptors (Lipinski definition) is 7. The Kier molecular flexibility index (Phi) is 5.14. The summed E-state index contributed by atoms with van der Waals surface area (Å²) >= 11 is 0.940. The molecule has 0 N–H and O–H groups in total. The van der Waals surface area contributed by atoms with E-state index >= 15 is 0 Å². The van der Waals surface area contributed by atoms with Crippen molar-refractivity contribution in [2.75, 3.05) is 20.2 Å². The van der Waals surface area contributed by atoms with Gasteiger partial charge in [0.2, 0.25) is 15.9 Å². The Bertz CT molecular complexity index is 952. The highest BCUT2D eigenvalue weighted by atomic mass is 32.2. The minimum atomic E-state index is -4.60. The van der Waals surface area contributed by atoms with Gasteiger partial charge < -0.3 is 9.47 Å². The summed E-state index contributed by atoms with van der Waals surface area (Å²) in [7, 11) is -2.79. The first-order valence-electron chi connectivity index (χ1n) is 7.50. The smallest absolute Gasteiger partial charge is 0.433 e. The number of sulfonamides is 1. The lowest BCUT2D eigenvalue weighted by Crippen LogP contribution is -2.56. The van der Waals surface area contributed by atoms with E-state index in [-0.39, 0.29) is 28.7 Å². The van der Waals surface area contributed by atoms with E-state index < -0.39 is 34.0 Å². The number of methoxy groups -OCH3 is 1. The molecule has 27 heavy (non-hydrogen) atoms. The molecule has 0 unspecified atom stereocenters. The van der Waals surface area contributed by atoms with Crippen molar-refractivity contribution in [1.82, 2.24) is 9.29 Å². The van der Waals surface area contributed by atoms with Crippen LogP contribution in [0.5, 0.6) is 5.88 Å². The number of thiophene rings is 1. The standard InChI is InChI=1S/C15H13F3N2O5S2/c1-24-14(21)13-10(5-6-26-13)27(22,23)20-7-9(8-20)25-12-4-2-3-11(19-12)15(16,17)18/h2-6,9H,7-8H2,1H3. The molecule has 146 valence electrons. The zero-order valence-electron chi connectivity index (χ0n) is 13.8. The molecule has 7 nitrogen and oxygen atoms in total. The quantitative estimate of drug-likeness (QED) is 0.688. The molecule has 0 bridgehead atoms. The van der Waals surface area contributed by atoms with Crippen molar-refractivity contribution in [2.24, 2.45) is 0 Å². The fraction of sp³-hybridized carbons (Fsp3) is 0.333. The lowest BCUT2D eigenvalue weighted by Gasteiger charge is -2.37. The normalized spacial score (nSPS) is 16.0. The third-order valence-corrected chi connectivity index (χ3v) is 6.63. The molecule has 2 aromatic rings. The van der Waals surface area contributed by atoms with E-state index in [4.69, 9.17) is 4.74 Å². The molecule has 2 aromatic heterocycles. The molecule has 0 aliphatic carbocycles. The van der Waals surface area contributed by atoms with E-state index in [1.807, 2.05) is 0 Å².